The van der Waals surface area contributed by atoms with Crippen molar-refractivity contribution in [2.24, 2.45) is 5.73 Å². The summed E-state index contributed by atoms with van der Waals surface area (Å²) in [5.74, 6) is -1.07. The van der Waals surface area contributed by atoms with Crippen molar-refractivity contribution in [1.29, 1.82) is 0 Å². The summed E-state index contributed by atoms with van der Waals surface area (Å²) in [6, 6.07) is 2.36. The Bertz CT molecular complexity index is 403. The van der Waals surface area contributed by atoms with E-state index in [4.69, 9.17) is 10.8 Å². The number of aromatic nitrogens is 1. The van der Waals surface area contributed by atoms with Crippen molar-refractivity contribution in [3.05, 3.63) is 23.9 Å². The molecular weight excluding hydrogens is 222 g/mol. The number of nitrogens with two attached hydrogens (primary N) is 1. The summed E-state index contributed by atoms with van der Waals surface area (Å²) in [5, 5.41) is 11.7. The molecule has 1 unspecified atom stereocenters. The average molecular weight is 237 g/mol. The molecule has 0 aliphatic heterocycles. The number of nitrogens with zero attached hydrogens (tertiary/aromatic N) is 1. The van der Waals surface area contributed by atoms with E-state index in [0.29, 0.717) is 12.2 Å². The van der Waals surface area contributed by atoms with Crippen LogP contribution in [0, 0.1) is 0 Å². The van der Waals surface area contributed by atoms with Crippen molar-refractivity contribution < 1.29 is 14.7 Å². The van der Waals surface area contributed by atoms with Gasteiger partial charge in [-0.2, -0.15) is 0 Å². The number of nitrogens with one attached hydrogen (secondary N) is 1. The number of carboxylic acid groups (broad SMARTS) is 1. The maximum absolute atomic E-state index is 10.9. The number of primary amides is 1. The van der Waals surface area contributed by atoms with Gasteiger partial charge in [0.25, 0.3) is 0 Å². The van der Waals surface area contributed by atoms with E-state index in [0.717, 1.165) is 6.42 Å². The number of anilines is 1. The Labute approximate surface area is 98.8 Å². The molecule has 17 heavy (non-hydrogen) atoms. The second-order valence-electron chi connectivity index (χ2n) is 3.62. The summed E-state index contributed by atoms with van der Waals surface area (Å²) < 4.78 is 0. The fourth-order valence-electron chi connectivity index (χ4n) is 1.35. The number of hydrogen-bond donors (Lipinski definition) is 3. The Balaban J connectivity index is 2.73. The van der Waals surface area contributed by atoms with Gasteiger partial charge in [0.2, 0.25) is 5.91 Å². The molecule has 0 radical (unpaired) electrons. The molecular formula is C11H15N3O3. The van der Waals surface area contributed by atoms with E-state index in [-0.39, 0.29) is 5.56 Å². The number of hydrogen-bond acceptors (Lipinski definition) is 4. The number of carbonyl (C=O) groups excluding carboxylic acids is 1. The van der Waals surface area contributed by atoms with Crippen LogP contribution in [0.5, 0.6) is 0 Å². The van der Waals surface area contributed by atoms with Crippen LogP contribution in [-0.4, -0.2) is 28.0 Å². The van der Waals surface area contributed by atoms with Crippen LogP contribution in [-0.2, 0) is 4.79 Å². The normalized spacial score (nSPS) is 11.8. The van der Waals surface area contributed by atoms with Crippen molar-refractivity contribution in [3.8, 4) is 0 Å². The maximum atomic E-state index is 10.9. The van der Waals surface area contributed by atoms with Crippen molar-refractivity contribution in [2.75, 3.05) is 5.32 Å². The zero-order valence-corrected chi connectivity index (χ0v) is 9.51. The molecule has 1 aromatic heterocycles. The monoisotopic (exact) mass is 237 g/mol. The quantitative estimate of drug-likeness (QED) is 0.680. The summed E-state index contributed by atoms with van der Waals surface area (Å²) >= 11 is 0. The van der Waals surface area contributed by atoms with E-state index in [1.54, 1.807) is 0 Å². The first-order valence-electron chi connectivity index (χ1n) is 5.29. The SMILES string of the molecule is CCCC(Nc1ccc(C(N)=O)cn1)C(=O)O. The minimum Gasteiger partial charge on any atom is -0.480 e. The molecule has 0 saturated carbocycles. The van der Waals surface area contributed by atoms with E-state index < -0.39 is 17.9 Å². The maximum Gasteiger partial charge on any atom is 0.326 e. The van der Waals surface area contributed by atoms with Gasteiger partial charge >= 0.3 is 5.97 Å². The lowest BCUT2D eigenvalue weighted by Crippen LogP contribution is -2.29. The highest BCUT2D eigenvalue weighted by molar-refractivity contribution is 5.92. The molecule has 1 atom stereocenters. The summed E-state index contributed by atoms with van der Waals surface area (Å²) in [6.07, 6.45) is 2.58. The topological polar surface area (TPSA) is 105 Å². The molecule has 1 aromatic rings. The molecule has 0 fully saturated rings. The van der Waals surface area contributed by atoms with E-state index in [2.05, 4.69) is 10.3 Å². The second-order valence-corrected chi connectivity index (χ2v) is 3.62. The van der Waals surface area contributed by atoms with Gasteiger partial charge in [0.1, 0.15) is 11.9 Å². The zero-order chi connectivity index (χ0) is 12.8. The molecule has 0 aliphatic rings. The van der Waals surface area contributed by atoms with Gasteiger partial charge < -0.3 is 16.2 Å². The first-order valence-corrected chi connectivity index (χ1v) is 5.29. The minimum absolute atomic E-state index is 0.290. The van der Waals surface area contributed by atoms with E-state index in [1.165, 1.54) is 18.3 Å². The Morgan fingerprint density at radius 3 is 2.65 bits per heavy atom. The summed E-state index contributed by atoms with van der Waals surface area (Å²) in [7, 11) is 0. The molecule has 6 nitrogen and oxygen atoms in total. The molecule has 0 saturated heterocycles. The fourth-order valence-corrected chi connectivity index (χ4v) is 1.35. The largest absolute Gasteiger partial charge is 0.480 e. The van der Waals surface area contributed by atoms with E-state index >= 15 is 0 Å². The minimum atomic E-state index is -0.923. The zero-order valence-electron chi connectivity index (χ0n) is 9.51. The van der Waals surface area contributed by atoms with Crippen LogP contribution in [0.15, 0.2) is 18.3 Å². The van der Waals surface area contributed by atoms with Crippen LogP contribution in [0.2, 0.25) is 0 Å². The highest BCUT2D eigenvalue weighted by Gasteiger charge is 2.16. The Morgan fingerprint density at radius 1 is 1.53 bits per heavy atom. The first-order chi connectivity index (χ1) is 8.04. The Kier molecular flexibility index (Phi) is 4.45. The summed E-state index contributed by atoms with van der Waals surface area (Å²) in [4.78, 5) is 25.6. The molecule has 0 aromatic carbocycles. The number of pyridine rings is 1. The molecule has 92 valence electrons. The summed E-state index contributed by atoms with van der Waals surface area (Å²) in [5.41, 5.74) is 5.36. The number of rotatable bonds is 6. The van der Waals surface area contributed by atoms with E-state index in [9.17, 15) is 9.59 Å². The average Bonchev–Trinajstić information content (AvgIpc) is 2.29. The third kappa shape index (κ3) is 3.75. The Hall–Kier alpha value is -2.11. The van der Waals surface area contributed by atoms with Gasteiger partial charge in [-0.25, -0.2) is 9.78 Å². The van der Waals surface area contributed by atoms with Gasteiger partial charge in [-0.15, -0.1) is 0 Å². The fraction of sp³-hybridized carbons (Fsp3) is 0.364. The lowest BCUT2D eigenvalue weighted by atomic mass is 10.1. The van der Waals surface area contributed by atoms with Crippen LogP contribution in [0.25, 0.3) is 0 Å². The van der Waals surface area contributed by atoms with Gasteiger partial charge in [-0.1, -0.05) is 13.3 Å². The van der Waals surface area contributed by atoms with Crippen LogP contribution >= 0.6 is 0 Å². The van der Waals surface area contributed by atoms with Crippen molar-refractivity contribution in [3.63, 3.8) is 0 Å². The summed E-state index contributed by atoms with van der Waals surface area (Å²) in [6.45, 7) is 1.90. The first kappa shape index (κ1) is 13.0. The molecule has 0 spiro atoms. The number of carbonyl (C=O) groups is 2. The van der Waals surface area contributed by atoms with Crippen LogP contribution < -0.4 is 11.1 Å². The van der Waals surface area contributed by atoms with Gasteiger partial charge in [-0.05, 0) is 18.6 Å². The molecule has 4 N–H and O–H groups in total. The van der Waals surface area contributed by atoms with Gasteiger partial charge in [0, 0.05) is 6.20 Å². The third-order valence-electron chi connectivity index (χ3n) is 2.25. The van der Waals surface area contributed by atoms with Crippen LogP contribution in [0.4, 0.5) is 5.82 Å². The third-order valence-corrected chi connectivity index (χ3v) is 2.25. The van der Waals surface area contributed by atoms with Crippen molar-refractivity contribution >= 4 is 17.7 Å². The standard InChI is InChI=1S/C11H15N3O3/c1-2-3-8(11(16)17)14-9-5-4-7(6-13-9)10(12)15/h4-6,8H,2-3H2,1H3,(H2,12,15)(H,13,14)(H,16,17). The second kappa shape index (κ2) is 5.83. The number of amides is 1. The number of carboxylic acids is 1. The Morgan fingerprint density at radius 2 is 2.24 bits per heavy atom. The smallest absolute Gasteiger partial charge is 0.326 e. The molecule has 1 heterocycles. The van der Waals surface area contributed by atoms with Gasteiger partial charge in [-0.3, -0.25) is 4.79 Å². The van der Waals surface area contributed by atoms with Gasteiger partial charge in [0.05, 0.1) is 5.56 Å². The van der Waals surface area contributed by atoms with E-state index in [1.807, 2.05) is 6.92 Å². The molecule has 0 aliphatic carbocycles. The predicted octanol–water partition coefficient (Wildman–Crippen LogP) is 0.846. The molecule has 6 heteroatoms. The predicted molar refractivity (Wildman–Crippen MR) is 62.7 cm³/mol. The number of aliphatic carboxylic acids is 1. The molecule has 0 bridgehead atoms. The molecule has 1 rings (SSSR count). The van der Waals surface area contributed by atoms with Gasteiger partial charge in [0.15, 0.2) is 0 Å². The van der Waals surface area contributed by atoms with Crippen LogP contribution in [0.3, 0.4) is 0 Å². The van der Waals surface area contributed by atoms with Crippen molar-refractivity contribution in [2.45, 2.75) is 25.8 Å². The van der Waals surface area contributed by atoms with Crippen molar-refractivity contribution in [1.82, 2.24) is 4.98 Å². The lowest BCUT2D eigenvalue weighted by Gasteiger charge is -2.13. The highest BCUT2D eigenvalue weighted by atomic mass is 16.4. The highest BCUT2D eigenvalue weighted by Crippen LogP contribution is 2.09. The molecule has 1 amide bonds. The van der Waals surface area contributed by atoms with Crippen LogP contribution in [0.1, 0.15) is 30.1 Å². The lowest BCUT2D eigenvalue weighted by molar-refractivity contribution is -0.138.